The van der Waals surface area contributed by atoms with Crippen molar-refractivity contribution in [1.29, 1.82) is 5.26 Å². The summed E-state index contributed by atoms with van der Waals surface area (Å²) in [6, 6.07) is 13.4. The lowest BCUT2D eigenvalue weighted by Gasteiger charge is -2.07. The van der Waals surface area contributed by atoms with Gasteiger partial charge in [-0.15, -0.1) is 0 Å². The van der Waals surface area contributed by atoms with Crippen LogP contribution in [-0.2, 0) is 0 Å². The summed E-state index contributed by atoms with van der Waals surface area (Å²) in [5.41, 5.74) is 3.54. The van der Waals surface area contributed by atoms with Crippen molar-refractivity contribution >= 4 is 33.4 Å². The van der Waals surface area contributed by atoms with Crippen molar-refractivity contribution in [2.24, 2.45) is 0 Å². The minimum absolute atomic E-state index is 0.323. The van der Waals surface area contributed by atoms with Crippen molar-refractivity contribution in [2.45, 2.75) is 13.8 Å². The van der Waals surface area contributed by atoms with E-state index in [1.807, 2.05) is 44.2 Å². The van der Waals surface area contributed by atoms with E-state index in [0.717, 1.165) is 27.3 Å². The van der Waals surface area contributed by atoms with Crippen molar-refractivity contribution in [3.8, 4) is 6.07 Å². The average Bonchev–Trinajstić information content (AvgIpc) is 3.02. The largest absolute Gasteiger partial charge is 0.303 e. The molecule has 1 amide bonds. The molecule has 4 rings (SSSR count). The zero-order valence-electron chi connectivity index (χ0n) is 14.3. The van der Waals surface area contributed by atoms with E-state index in [1.165, 1.54) is 0 Å². The Morgan fingerprint density at radius 3 is 2.77 bits per heavy atom. The number of aromatic amines is 1. The molecule has 0 aliphatic carbocycles. The zero-order valence-corrected chi connectivity index (χ0v) is 14.3. The van der Waals surface area contributed by atoms with Crippen molar-refractivity contribution < 1.29 is 4.79 Å². The Kier molecular flexibility index (Phi) is 3.63. The number of H-pyrrole nitrogens is 1. The van der Waals surface area contributed by atoms with Gasteiger partial charge in [0.05, 0.1) is 17.1 Å². The molecular formula is C20H15N5O. The number of amides is 1. The summed E-state index contributed by atoms with van der Waals surface area (Å²) >= 11 is 0. The Balaban J connectivity index is 1.76. The number of carbonyl (C=O) groups is 1. The Morgan fingerprint density at radius 1 is 1.12 bits per heavy atom. The third-order valence-electron chi connectivity index (χ3n) is 4.50. The molecule has 0 aliphatic rings. The fourth-order valence-corrected chi connectivity index (χ4v) is 3.10. The standard InChI is InChI=1S/C20H15N5O/c1-11-4-3-5-15-14(11)6-7-22-18(15)20(26)23-19-16-8-12(2)13(10-21)9-17(16)24-25-19/h3-9H,1-2H3,(H2,23,24,25,26). The molecule has 2 N–H and O–H groups in total. The van der Waals surface area contributed by atoms with Crippen LogP contribution in [0.4, 0.5) is 5.82 Å². The molecule has 0 atom stereocenters. The number of aryl methyl sites for hydroxylation is 2. The SMILES string of the molecule is Cc1cc2c(NC(=O)c3nccc4c(C)cccc34)n[nH]c2cc1C#N. The van der Waals surface area contributed by atoms with Gasteiger partial charge in [0, 0.05) is 17.0 Å². The summed E-state index contributed by atoms with van der Waals surface area (Å²) in [5.74, 6) is 0.0978. The van der Waals surface area contributed by atoms with Crippen LogP contribution < -0.4 is 5.32 Å². The molecule has 4 aromatic rings. The van der Waals surface area contributed by atoms with Gasteiger partial charge in [0.1, 0.15) is 5.69 Å². The summed E-state index contributed by atoms with van der Waals surface area (Å²) in [6.07, 6.45) is 1.64. The molecule has 0 bridgehead atoms. The highest BCUT2D eigenvalue weighted by Gasteiger charge is 2.16. The molecule has 0 unspecified atom stereocenters. The maximum atomic E-state index is 12.8. The van der Waals surface area contributed by atoms with Crippen molar-refractivity contribution in [3.05, 3.63) is 65.0 Å². The molecule has 6 heteroatoms. The van der Waals surface area contributed by atoms with Gasteiger partial charge in [0.2, 0.25) is 0 Å². The molecule has 0 spiro atoms. The Morgan fingerprint density at radius 2 is 1.96 bits per heavy atom. The fourth-order valence-electron chi connectivity index (χ4n) is 3.10. The van der Waals surface area contributed by atoms with Crippen molar-refractivity contribution in [2.75, 3.05) is 5.32 Å². The number of hydrogen-bond donors (Lipinski definition) is 2. The number of hydrogen-bond acceptors (Lipinski definition) is 4. The van der Waals surface area contributed by atoms with Crippen LogP contribution in [-0.4, -0.2) is 21.1 Å². The highest BCUT2D eigenvalue weighted by atomic mass is 16.2. The first-order valence-electron chi connectivity index (χ1n) is 8.13. The van der Waals surface area contributed by atoms with E-state index in [-0.39, 0.29) is 5.91 Å². The van der Waals surface area contributed by atoms with E-state index in [0.29, 0.717) is 22.6 Å². The number of anilines is 1. The summed E-state index contributed by atoms with van der Waals surface area (Å²) in [4.78, 5) is 17.1. The van der Waals surface area contributed by atoms with E-state index >= 15 is 0 Å². The third kappa shape index (κ3) is 2.47. The van der Waals surface area contributed by atoms with Gasteiger partial charge in [-0.2, -0.15) is 10.4 Å². The van der Waals surface area contributed by atoms with Gasteiger partial charge < -0.3 is 5.32 Å². The number of pyridine rings is 1. The van der Waals surface area contributed by atoms with Crippen LogP contribution >= 0.6 is 0 Å². The summed E-state index contributed by atoms with van der Waals surface area (Å²) in [7, 11) is 0. The maximum Gasteiger partial charge on any atom is 0.276 e. The first kappa shape index (κ1) is 15.8. The van der Waals surface area contributed by atoms with Crippen molar-refractivity contribution in [3.63, 3.8) is 0 Å². The lowest BCUT2D eigenvalue weighted by atomic mass is 10.0. The first-order chi connectivity index (χ1) is 12.6. The lowest BCUT2D eigenvalue weighted by molar-refractivity contribution is 0.102. The van der Waals surface area contributed by atoms with E-state index in [4.69, 9.17) is 5.26 Å². The molecule has 6 nitrogen and oxygen atoms in total. The summed E-state index contributed by atoms with van der Waals surface area (Å²) < 4.78 is 0. The minimum Gasteiger partial charge on any atom is -0.303 e. The number of carbonyl (C=O) groups excluding carboxylic acids is 1. The molecule has 2 aromatic heterocycles. The molecule has 0 fully saturated rings. The second-order valence-electron chi connectivity index (χ2n) is 6.18. The van der Waals surface area contributed by atoms with Crippen molar-refractivity contribution in [1.82, 2.24) is 15.2 Å². The van der Waals surface area contributed by atoms with Crippen LogP contribution in [0.25, 0.3) is 21.7 Å². The van der Waals surface area contributed by atoms with E-state index in [9.17, 15) is 4.79 Å². The van der Waals surface area contributed by atoms with Crippen LogP contribution in [0.3, 0.4) is 0 Å². The number of nitrogens with one attached hydrogen (secondary N) is 2. The van der Waals surface area contributed by atoms with Crippen LogP contribution in [0.15, 0.2) is 42.6 Å². The van der Waals surface area contributed by atoms with Gasteiger partial charge in [0.25, 0.3) is 5.91 Å². The molecule has 26 heavy (non-hydrogen) atoms. The molecule has 126 valence electrons. The Hall–Kier alpha value is -3.72. The number of benzene rings is 2. The number of rotatable bonds is 2. The Bertz CT molecular complexity index is 1220. The smallest absolute Gasteiger partial charge is 0.276 e. The molecule has 0 saturated carbocycles. The quantitative estimate of drug-likeness (QED) is 0.579. The summed E-state index contributed by atoms with van der Waals surface area (Å²) in [6.45, 7) is 3.85. The van der Waals surface area contributed by atoms with E-state index in [1.54, 1.807) is 12.3 Å². The van der Waals surface area contributed by atoms with E-state index < -0.39 is 0 Å². The molecule has 2 heterocycles. The lowest BCUT2D eigenvalue weighted by Crippen LogP contribution is -2.14. The van der Waals surface area contributed by atoms with Crippen LogP contribution in [0.2, 0.25) is 0 Å². The normalized spacial score (nSPS) is 10.8. The third-order valence-corrected chi connectivity index (χ3v) is 4.50. The van der Waals surface area contributed by atoms with E-state index in [2.05, 4.69) is 26.6 Å². The van der Waals surface area contributed by atoms with Crippen LogP contribution in [0.5, 0.6) is 0 Å². The minimum atomic E-state index is -0.323. The monoisotopic (exact) mass is 341 g/mol. The van der Waals surface area contributed by atoms with Crippen LogP contribution in [0, 0.1) is 25.2 Å². The Labute approximate surface area is 149 Å². The first-order valence-corrected chi connectivity index (χ1v) is 8.13. The molecule has 0 saturated heterocycles. The van der Waals surface area contributed by atoms with Gasteiger partial charge in [-0.1, -0.05) is 18.2 Å². The van der Waals surface area contributed by atoms with Gasteiger partial charge in [-0.3, -0.25) is 14.9 Å². The second-order valence-corrected chi connectivity index (χ2v) is 6.18. The van der Waals surface area contributed by atoms with Gasteiger partial charge in [-0.05, 0) is 48.6 Å². The highest BCUT2D eigenvalue weighted by Crippen LogP contribution is 2.25. The zero-order chi connectivity index (χ0) is 18.3. The average molecular weight is 341 g/mol. The second kappa shape index (κ2) is 5.97. The van der Waals surface area contributed by atoms with Gasteiger partial charge in [0.15, 0.2) is 5.82 Å². The predicted octanol–water partition coefficient (Wildman–Crippen LogP) is 3.85. The number of aromatic nitrogens is 3. The number of nitriles is 1. The molecule has 2 aromatic carbocycles. The summed E-state index contributed by atoms with van der Waals surface area (Å²) in [5, 5.41) is 21.6. The number of fused-ring (bicyclic) bond motifs is 2. The van der Waals surface area contributed by atoms with Gasteiger partial charge in [-0.25, -0.2) is 0 Å². The molecule has 0 aliphatic heterocycles. The molecular weight excluding hydrogens is 326 g/mol. The van der Waals surface area contributed by atoms with Gasteiger partial charge >= 0.3 is 0 Å². The van der Waals surface area contributed by atoms with Crippen LogP contribution in [0.1, 0.15) is 27.2 Å². The topological polar surface area (TPSA) is 94.5 Å². The highest BCUT2D eigenvalue weighted by molar-refractivity contribution is 6.13. The fraction of sp³-hybridized carbons (Fsp3) is 0.100. The molecule has 0 radical (unpaired) electrons. The predicted molar refractivity (Wildman–Crippen MR) is 100.0 cm³/mol. The maximum absolute atomic E-state index is 12.8. The number of nitrogens with zero attached hydrogens (tertiary/aromatic N) is 3.